The van der Waals surface area contributed by atoms with E-state index in [4.69, 9.17) is 9.47 Å². The molecule has 0 amide bonds. The van der Waals surface area contributed by atoms with Crippen LogP contribution in [0.25, 0.3) is 0 Å². The monoisotopic (exact) mass is 465 g/mol. The van der Waals surface area contributed by atoms with Crippen molar-refractivity contribution < 1.29 is 24.5 Å². The summed E-state index contributed by atoms with van der Waals surface area (Å²) in [5.41, 5.74) is 1.01. The van der Waals surface area contributed by atoms with Crippen LogP contribution < -0.4 is 4.90 Å². The molecular weight excluding hydrogens is 426 g/mol. The van der Waals surface area contributed by atoms with Crippen LogP contribution in [0.2, 0.25) is 0 Å². The number of carbonyl (C=O) groups is 1. The molecule has 3 aliphatic rings. The molecule has 2 aliphatic carbocycles. The fourth-order valence-corrected chi connectivity index (χ4v) is 6.80. The summed E-state index contributed by atoms with van der Waals surface area (Å²) in [6.45, 7) is 8.02. The second-order valence-corrected chi connectivity index (χ2v) is 12.0. The van der Waals surface area contributed by atoms with Gasteiger partial charge in [0.15, 0.2) is 0 Å². The van der Waals surface area contributed by atoms with Gasteiger partial charge < -0.3 is 24.6 Å². The normalized spacial score (nSPS) is 28.4. The van der Waals surface area contributed by atoms with E-state index in [1.54, 1.807) is 0 Å². The first-order chi connectivity index (χ1) is 15.2. The first-order valence-electron chi connectivity index (χ1n) is 12.2. The molecule has 180 valence electrons. The second kappa shape index (κ2) is 10.00. The molecule has 6 nitrogen and oxygen atoms in total. The smallest absolute Gasteiger partial charge is 0.348 e. The molecule has 2 saturated carbocycles. The molecule has 2 N–H and O–H groups in total. The molecule has 1 aliphatic heterocycles. The number of ether oxygens (including phenoxy) is 2. The molecule has 1 saturated heterocycles. The SMILES string of the molecule is CC1CCC(C(O)N(c2cc(C3CCC(C)(C)CC3)sc2C(=O)O)C2COCOC2)CC1. The van der Waals surface area contributed by atoms with Crippen molar-refractivity contribution in [3.05, 3.63) is 15.8 Å². The van der Waals surface area contributed by atoms with Crippen molar-refractivity contribution in [3.63, 3.8) is 0 Å². The summed E-state index contributed by atoms with van der Waals surface area (Å²) in [5.74, 6) is 0.299. The molecular formula is C25H39NO5S. The summed E-state index contributed by atoms with van der Waals surface area (Å²) in [7, 11) is 0. The fraction of sp³-hybridized carbons (Fsp3) is 0.800. The number of rotatable bonds is 6. The maximum Gasteiger partial charge on any atom is 0.348 e. The summed E-state index contributed by atoms with van der Waals surface area (Å²) in [5, 5.41) is 21.6. The van der Waals surface area contributed by atoms with E-state index in [1.165, 1.54) is 11.3 Å². The highest BCUT2D eigenvalue weighted by Gasteiger charge is 2.38. The minimum absolute atomic E-state index is 0.133. The predicted octanol–water partition coefficient (Wildman–Crippen LogP) is 5.45. The standard InChI is InChI=1S/C25H39NO5S/c1-16-4-6-18(7-5-16)23(27)26(19-13-30-15-31-14-19)20-12-21(32-22(20)24(28)29)17-8-10-25(2,3)11-9-17/h12,16-19,23,27H,4-11,13-15H2,1-3H3,(H,28,29). The molecule has 4 rings (SSSR count). The molecule has 0 aromatic carbocycles. The average molecular weight is 466 g/mol. The molecule has 7 heteroatoms. The lowest BCUT2D eigenvalue weighted by Crippen LogP contribution is -2.53. The van der Waals surface area contributed by atoms with Gasteiger partial charge in [0, 0.05) is 10.8 Å². The number of aliphatic hydroxyl groups excluding tert-OH is 1. The van der Waals surface area contributed by atoms with Crippen LogP contribution in [0, 0.1) is 17.3 Å². The number of aromatic carboxylic acids is 1. The Morgan fingerprint density at radius 1 is 1.12 bits per heavy atom. The number of thiophene rings is 1. The number of carboxylic acid groups (broad SMARTS) is 1. The summed E-state index contributed by atoms with van der Waals surface area (Å²) >= 11 is 1.40. The Bertz CT molecular complexity index is 769. The van der Waals surface area contributed by atoms with Crippen LogP contribution in [0.4, 0.5) is 5.69 Å². The summed E-state index contributed by atoms with van der Waals surface area (Å²) in [6.07, 6.45) is 7.89. The first-order valence-corrected chi connectivity index (χ1v) is 13.1. The minimum Gasteiger partial charge on any atom is -0.477 e. The Morgan fingerprint density at radius 2 is 1.75 bits per heavy atom. The Balaban J connectivity index is 1.64. The molecule has 32 heavy (non-hydrogen) atoms. The van der Waals surface area contributed by atoms with Gasteiger partial charge in [0.25, 0.3) is 0 Å². The molecule has 0 spiro atoms. The lowest BCUT2D eigenvalue weighted by atomic mass is 9.73. The Morgan fingerprint density at radius 3 is 2.34 bits per heavy atom. The van der Waals surface area contributed by atoms with Gasteiger partial charge in [0.05, 0.1) is 24.9 Å². The van der Waals surface area contributed by atoms with E-state index >= 15 is 0 Å². The van der Waals surface area contributed by atoms with Crippen LogP contribution in [0.3, 0.4) is 0 Å². The molecule has 1 atom stereocenters. The fourth-order valence-electron chi connectivity index (χ4n) is 5.63. The topological polar surface area (TPSA) is 79.2 Å². The van der Waals surface area contributed by atoms with Crippen molar-refractivity contribution in [1.29, 1.82) is 0 Å². The number of aliphatic hydroxyl groups is 1. The van der Waals surface area contributed by atoms with E-state index in [9.17, 15) is 15.0 Å². The number of anilines is 1. The van der Waals surface area contributed by atoms with Crippen molar-refractivity contribution in [1.82, 2.24) is 0 Å². The van der Waals surface area contributed by atoms with Crippen molar-refractivity contribution in [2.75, 3.05) is 24.9 Å². The molecule has 1 aromatic heterocycles. The lowest BCUT2D eigenvalue weighted by Gasteiger charge is -2.43. The zero-order chi connectivity index (χ0) is 22.9. The highest BCUT2D eigenvalue weighted by Crippen LogP contribution is 2.47. The maximum atomic E-state index is 12.3. The van der Waals surface area contributed by atoms with E-state index in [-0.39, 0.29) is 18.8 Å². The van der Waals surface area contributed by atoms with Crippen LogP contribution in [0.15, 0.2) is 6.07 Å². The van der Waals surface area contributed by atoms with Crippen molar-refractivity contribution in [2.45, 2.75) is 90.3 Å². The summed E-state index contributed by atoms with van der Waals surface area (Å²) in [6, 6.07) is 1.87. The Labute approximate surface area is 195 Å². The Hall–Kier alpha value is -1.15. The van der Waals surface area contributed by atoms with Crippen LogP contribution in [-0.4, -0.2) is 48.5 Å². The van der Waals surface area contributed by atoms with E-state index in [1.807, 2.05) is 4.90 Å². The van der Waals surface area contributed by atoms with Gasteiger partial charge in [-0.05, 0) is 61.8 Å². The maximum absolute atomic E-state index is 12.3. The van der Waals surface area contributed by atoms with Crippen LogP contribution in [0.1, 0.15) is 92.6 Å². The van der Waals surface area contributed by atoms with Crippen molar-refractivity contribution in [2.24, 2.45) is 17.3 Å². The molecule has 3 fully saturated rings. The molecule has 0 radical (unpaired) electrons. The number of hydrogen-bond acceptors (Lipinski definition) is 6. The first kappa shape index (κ1) is 24.0. The van der Waals surface area contributed by atoms with Gasteiger partial charge in [-0.2, -0.15) is 0 Å². The third kappa shape index (κ3) is 5.32. The van der Waals surface area contributed by atoms with E-state index in [2.05, 4.69) is 26.8 Å². The van der Waals surface area contributed by atoms with Gasteiger partial charge in [-0.3, -0.25) is 0 Å². The van der Waals surface area contributed by atoms with Gasteiger partial charge in [-0.1, -0.05) is 33.6 Å². The van der Waals surface area contributed by atoms with Crippen LogP contribution >= 0.6 is 11.3 Å². The van der Waals surface area contributed by atoms with E-state index in [0.717, 1.165) is 56.2 Å². The number of nitrogens with zero attached hydrogens (tertiary/aromatic N) is 1. The minimum atomic E-state index is -0.917. The zero-order valence-corrected chi connectivity index (χ0v) is 20.5. The zero-order valence-electron chi connectivity index (χ0n) is 19.7. The number of hydrogen-bond donors (Lipinski definition) is 2. The largest absolute Gasteiger partial charge is 0.477 e. The van der Waals surface area contributed by atoms with Crippen LogP contribution in [0.5, 0.6) is 0 Å². The highest BCUT2D eigenvalue weighted by atomic mass is 32.1. The second-order valence-electron chi connectivity index (χ2n) is 11.0. The molecule has 2 heterocycles. The quantitative estimate of drug-likeness (QED) is 0.544. The highest BCUT2D eigenvalue weighted by molar-refractivity contribution is 7.14. The number of carboxylic acids is 1. The van der Waals surface area contributed by atoms with Gasteiger partial charge in [0.1, 0.15) is 17.9 Å². The Kier molecular flexibility index (Phi) is 7.50. The van der Waals surface area contributed by atoms with Crippen molar-refractivity contribution in [3.8, 4) is 0 Å². The predicted molar refractivity (Wildman–Crippen MR) is 126 cm³/mol. The molecule has 1 unspecified atom stereocenters. The molecule has 0 bridgehead atoms. The van der Waals surface area contributed by atoms with Gasteiger partial charge in [-0.15, -0.1) is 11.3 Å². The summed E-state index contributed by atoms with van der Waals surface area (Å²) in [4.78, 5) is 15.7. The summed E-state index contributed by atoms with van der Waals surface area (Å²) < 4.78 is 11.1. The third-order valence-electron chi connectivity index (χ3n) is 7.89. The van der Waals surface area contributed by atoms with E-state index < -0.39 is 12.2 Å². The van der Waals surface area contributed by atoms with Crippen LogP contribution in [-0.2, 0) is 9.47 Å². The average Bonchev–Trinajstić information content (AvgIpc) is 3.20. The van der Waals surface area contributed by atoms with Gasteiger partial charge in [-0.25, -0.2) is 4.79 Å². The lowest BCUT2D eigenvalue weighted by molar-refractivity contribution is -0.113. The van der Waals surface area contributed by atoms with Gasteiger partial charge >= 0.3 is 5.97 Å². The molecule has 1 aromatic rings. The van der Waals surface area contributed by atoms with E-state index in [0.29, 0.717) is 41.0 Å². The van der Waals surface area contributed by atoms with Crippen molar-refractivity contribution >= 4 is 23.0 Å². The van der Waals surface area contributed by atoms with Gasteiger partial charge in [0.2, 0.25) is 0 Å². The third-order valence-corrected chi connectivity index (χ3v) is 9.17.